The van der Waals surface area contributed by atoms with Gasteiger partial charge in [0.15, 0.2) is 0 Å². The average molecular weight is 169 g/mol. The quantitative estimate of drug-likeness (QED) is 0.627. The maximum absolute atomic E-state index is 9.58. The summed E-state index contributed by atoms with van der Waals surface area (Å²) in [6.45, 7) is 2.90. The van der Waals surface area contributed by atoms with Crippen molar-refractivity contribution in [1.29, 1.82) is 0 Å². The highest BCUT2D eigenvalue weighted by Crippen LogP contribution is 2.17. The molecule has 0 radical (unpaired) electrons. The number of aliphatic hydroxyl groups excluding tert-OH is 1. The summed E-state index contributed by atoms with van der Waals surface area (Å²) in [4.78, 5) is 0. The number of hydrogen-bond donors (Lipinski definition) is 2. The first-order valence-corrected chi connectivity index (χ1v) is 4.87. The first-order chi connectivity index (χ1) is 5.84. The van der Waals surface area contributed by atoms with E-state index in [4.69, 9.17) is 0 Å². The molecule has 0 spiro atoms. The Morgan fingerprint density at radius 2 is 2.17 bits per heavy atom. The summed E-state index contributed by atoms with van der Waals surface area (Å²) in [5.74, 6) is 0. The van der Waals surface area contributed by atoms with Crippen LogP contribution in [0.1, 0.15) is 32.6 Å². The standard InChI is InChI=1S/C10H19NO/c1-2-3-8-11-9-6-4-5-7-10(9)12/h2-3,9-12H,4-8H2,1H3/b3-2+. The lowest BCUT2D eigenvalue weighted by molar-refractivity contribution is 0.0928. The minimum absolute atomic E-state index is 0.121. The molecule has 2 nitrogen and oxygen atoms in total. The predicted molar refractivity (Wildman–Crippen MR) is 51.1 cm³/mol. The summed E-state index contributed by atoms with van der Waals surface area (Å²) in [5, 5.41) is 12.9. The van der Waals surface area contributed by atoms with Crippen LogP contribution >= 0.6 is 0 Å². The van der Waals surface area contributed by atoms with Crippen LogP contribution in [0.3, 0.4) is 0 Å². The molecule has 0 aromatic carbocycles. The molecule has 1 fully saturated rings. The van der Waals surface area contributed by atoms with E-state index in [-0.39, 0.29) is 6.10 Å². The first-order valence-electron chi connectivity index (χ1n) is 4.87. The van der Waals surface area contributed by atoms with Crippen molar-refractivity contribution in [3.8, 4) is 0 Å². The van der Waals surface area contributed by atoms with Gasteiger partial charge in [-0.25, -0.2) is 0 Å². The SMILES string of the molecule is C/C=C/CNC1CCCCC1O. The second-order valence-corrected chi connectivity index (χ2v) is 3.44. The van der Waals surface area contributed by atoms with Crippen molar-refractivity contribution < 1.29 is 5.11 Å². The summed E-state index contributed by atoms with van der Waals surface area (Å²) in [5.41, 5.74) is 0. The zero-order valence-electron chi connectivity index (χ0n) is 7.79. The molecule has 0 amide bonds. The zero-order chi connectivity index (χ0) is 8.81. The van der Waals surface area contributed by atoms with Gasteiger partial charge in [0.05, 0.1) is 6.10 Å². The molecule has 0 aliphatic heterocycles. The lowest BCUT2D eigenvalue weighted by Gasteiger charge is -2.27. The molecule has 70 valence electrons. The third-order valence-electron chi connectivity index (χ3n) is 2.46. The van der Waals surface area contributed by atoms with Crippen molar-refractivity contribution in [3.63, 3.8) is 0 Å². The third-order valence-corrected chi connectivity index (χ3v) is 2.46. The topological polar surface area (TPSA) is 32.3 Å². The van der Waals surface area contributed by atoms with Crippen LogP contribution in [0.15, 0.2) is 12.2 Å². The monoisotopic (exact) mass is 169 g/mol. The molecule has 12 heavy (non-hydrogen) atoms. The maximum atomic E-state index is 9.58. The largest absolute Gasteiger partial charge is 0.392 e. The number of aliphatic hydroxyl groups is 1. The van der Waals surface area contributed by atoms with E-state index in [2.05, 4.69) is 11.4 Å². The molecule has 0 aromatic rings. The highest BCUT2D eigenvalue weighted by Gasteiger charge is 2.21. The number of hydrogen-bond acceptors (Lipinski definition) is 2. The lowest BCUT2D eigenvalue weighted by Crippen LogP contribution is -2.42. The van der Waals surface area contributed by atoms with Crippen LogP contribution in [-0.4, -0.2) is 23.8 Å². The van der Waals surface area contributed by atoms with Gasteiger partial charge in [-0.2, -0.15) is 0 Å². The Labute approximate surface area is 74.7 Å². The smallest absolute Gasteiger partial charge is 0.0693 e. The van der Waals surface area contributed by atoms with Crippen LogP contribution in [0, 0.1) is 0 Å². The van der Waals surface area contributed by atoms with E-state index in [1.807, 2.05) is 13.0 Å². The van der Waals surface area contributed by atoms with Crippen LogP contribution in [0.2, 0.25) is 0 Å². The Hall–Kier alpha value is -0.340. The second kappa shape index (κ2) is 5.33. The minimum atomic E-state index is -0.121. The molecular weight excluding hydrogens is 150 g/mol. The number of allylic oxidation sites excluding steroid dienone is 1. The summed E-state index contributed by atoms with van der Waals surface area (Å²) in [6, 6.07) is 0.329. The summed E-state index contributed by atoms with van der Waals surface area (Å²) < 4.78 is 0. The van der Waals surface area contributed by atoms with Gasteiger partial charge in [-0.15, -0.1) is 0 Å². The Bertz CT molecular complexity index is 145. The fraction of sp³-hybridized carbons (Fsp3) is 0.800. The molecule has 0 saturated heterocycles. The van der Waals surface area contributed by atoms with Gasteiger partial charge in [0.25, 0.3) is 0 Å². The first kappa shape index (κ1) is 9.75. The third kappa shape index (κ3) is 2.95. The van der Waals surface area contributed by atoms with E-state index >= 15 is 0 Å². The molecule has 1 rings (SSSR count). The lowest BCUT2D eigenvalue weighted by atomic mass is 9.93. The fourth-order valence-corrected chi connectivity index (χ4v) is 1.69. The number of rotatable bonds is 3. The molecule has 0 aromatic heterocycles. The van der Waals surface area contributed by atoms with Crippen LogP contribution in [-0.2, 0) is 0 Å². The molecule has 2 unspecified atom stereocenters. The molecule has 1 aliphatic rings. The molecular formula is C10H19NO. The van der Waals surface area contributed by atoms with Crippen molar-refractivity contribution in [1.82, 2.24) is 5.32 Å². The Morgan fingerprint density at radius 3 is 2.83 bits per heavy atom. The van der Waals surface area contributed by atoms with Crippen LogP contribution in [0.5, 0.6) is 0 Å². The van der Waals surface area contributed by atoms with Crippen molar-refractivity contribution in [3.05, 3.63) is 12.2 Å². The predicted octanol–water partition coefficient (Wildman–Crippen LogP) is 1.46. The highest BCUT2D eigenvalue weighted by atomic mass is 16.3. The molecule has 1 saturated carbocycles. The number of nitrogens with one attached hydrogen (secondary N) is 1. The molecule has 1 aliphatic carbocycles. The van der Waals surface area contributed by atoms with Gasteiger partial charge in [-0.1, -0.05) is 25.0 Å². The molecule has 2 atom stereocenters. The maximum Gasteiger partial charge on any atom is 0.0693 e. The fourth-order valence-electron chi connectivity index (χ4n) is 1.69. The molecule has 2 N–H and O–H groups in total. The second-order valence-electron chi connectivity index (χ2n) is 3.44. The van der Waals surface area contributed by atoms with E-state index in [1.165, 1.54) is 12.8 Å². The summed E-state index contributed by atoms with van der Waals surface area (Å²) in [7, 11) is 0. The summed E-state index contributed by atoms with van der Waals surface area (Å²) >= 11 is 0. The van der Waals surface area contributed by atoms with E-state index in [0.29, 0.717) is 6.04 Å². The van der Waals surface area contributed by atoms with Gasteiger partial charge in [0.1, 0.15) is 0 Å². The van der Waals surface area contributed by atoms with E-state index in [1.54, 1.807) is 0 Å². The Kier molecular flexibility index (Phi) is 4.33. The van der Waals surface area contributed by atoms with Gasteiger partial charge in [-0.3, -0.25) is 0 Å². The molecule has 0 bridgehead atoms. The normalized spacial score (nSPS) is 31.2. The van der Waals surface area contributed by atoms with Gasteiger partial charge < -0.3 is 10.4 Å². The minimum Gasteiger partial charge on any atom is -0.392 e. The van der Waals surface area contributed by atoms with Gasteiger partial charge in [0.2, 0.25) is 0 Å². The van der Waals surface area contributed by atoms with Crippen molar-refractivity contribution in [2.45, 2.75) is 44.8 Å². The van der Waals surface area contributed by atoms with Crippen LogP contribution < -0.4 is 5.32 Å². The molecule has 2 heteroatoms. The van der Waals surface area contributed by atoms with Gasteiger partial charge >= 0.3 is 0 Å². The molecule has 0 heterocycles. The highest BCUT2D eigenvalue weighted by molar-refractivity contribution is 4.85. The van der Waals surface area contributed by atoms with E-state index < -0.39 is 0 Å². The summed E-state index contributed by atoms with van der Waals surface area (Å²) in [6.07, 6.45) is 8.52. The van der Waals surface area contributed by atoms with E-state index in [0.717, 1.165) is 19.4 Å². The average Bonchev–Trinajstić information content (AvgIpc) is 2.09. The van der Waals surface area contributed by atoms with Gasteiger partial charge in [0, 0.05) is 12.6 Å². The van der Waals surface area contributed by atoms with E-state index in [9.17, 15) is 5.11 Å². The van der Waals surface area contributed by atoms with Gasteiger partial charge in [-0.05, 0) is 19.8 Å². The Balaban J connectivity index is 2.20. The van der Waals surface area contributed by atoms with Crippen LogP contribution in [0.25, 0.3) is 0 Å². The Morgan fingerprint density at radius 1 is 1.42 bits per heavy atom. The zero-order valence-corrected chi connectivity index (χ0v) is 7.79. The van der Waals surface area contributed by atoms with Crippen molar-refractivity contribution >= 4 is 0 Å². The van der Waals surface area contributed by atoms with Crippen LogP contribution in [0.4, 0.5) is 0 Å². The van der Waals surface area contributed by atoms with Crippen molar-refractivity contribution in [2.75, 3.05) is 6.54 Å². The van der Waals surface area contributed by atoms with Crippen molar-refractivity contribution in [2.24, 2.45) is 0 Å².